The molecule has 0 bridgehead atoms. The third kappa shape index (κ3) is 6.59. The van der Waals surface area contributed by atoms with Crippen molar-refractivity contribution in [1.29, 1.82) is 0 Å². The van der Waals surface area contributed by atoms with E-state index in [-0.39, 0.29) is 11.7 Å². The Kier molecular flexibility index (Phi) is 9.09. The largest absolute Gasteiger partial charge is 0.506 e. The highest BCUT2D eigenvalue weighted by Gasteiger charge is 2.27. The second kappa shape index (κ2) is 12.0. The van der Waals surface area contributed by atoms with Crippen LogP contribution in [-0.4, -0.2) is 22.3 Å². The minimum atomic E-state index is -0.774. The van der Waals surface area contributed by atoms with E-state index in [0.29, 0.717) is 33.0 Å². The van der Waals surface area contributed by atoms with Gasteiger partial charge in [0.2, 0.25) is 0 Å². The van der Waals surface area contributed by atoms with Crippen molar-refractivity contribution in [3.63, 3.8) is 0 Å². The summed E-state index contributed by atoms with van der Waals surface area (Å²) in [6.45, 7) is 1.89. The Morgan fingerprint density at radius 1 is 1.12 bits per heavy atom. The van der Waals surface area contributed by atoms with Crippen LogP contribution >= 0.6 is 31.9 Å². The number of allylic oxidation sites excluding steroid dienone is 1. The number of halogens is 2. The molecule has 3 aromatic rings. The van der Waals surface area contributed by atoms with Crippen LogP contribution in [0.25, 0.3) is 10.8 Å². The number of rotatable bonds is 8. The molecule has 0 aromatic heterocycles. The van der Waals surface area contributed by atoms with Crippen molar-refractivity contribution in [2.45, 2.75) is 25.9 Å². The van der Waals surface area contributed by atoms with Gasteiger partial charge in [-0.15, -0.1) is 0 Å². The highest BCUT2D eigenvalue weighted by molar-refractivity contribution is 9.11. The van der Waals surface area contributed by atoms with Gasteiger partial charge in [0.05, 0.1) is 10.2 Å². The zero-order chi connectivity index (χ0) is 24.7. The van der Waals surface area contributed by atoms with Gasteiger partial charge in [0.25, 0.3) is 5.91 Å². The molecule has 0 radical (unpaired) electrons. The summed E-state index contributed by atoms with van der Waals surface area (Å²) in [6.07, 6.45) is 2.46. The Morgan fingerprint density at radius 3 is 2.62 bits per heavy atom. The fraction of sp³-hybridized carbons (Fsp3) is 0.200. The number of nitrogens with one attached hydrogen (secondary N) is 2. The second-order valence-corrected chi connectivity index (χ2v) is 9.51. The highest BCUT2D eigenvalue weighted by Crippen LogP contribution is 2.41. The van der Waals surface area contributed by atoms with Crippen molar-refractivity contribution < 1.29 is 24.6 Å². The van der Waals surface area contributed by atoms with Crippen molar-refractivity contribution in [1.82, 2.24) is 5.48 Å². The van der Waals surface area contributed by atoms with Crippen LogP contribution in [0.5, 0.6) is 5.75 Å². The lowest BCUT2D eigenvalue weighted by Crippen LogP contribution is -2.22. The predicted molar refractivity (Wildman–Crippen MR) is 138 cm³/mol. The summed E-state index contributed by atoms with van der Waals surface area (Å²) < 4.78 is 7.02. The number of fused-ring (bicyclic) bond motifs is 1. The van der Waals surface area contributed by atoms with Gasteiger partial charge in [-0.25, -0.2) is 10.3 Å². The first-order valence-corrected chi connectivity index (χ1v) is 12.1. The molecule has 0 aliphatic carbocycles. The first-order valence-electron chi connectivity index (χ1n) is 10.5. The van der Waals surface area contributed by atoms with Crippen molar-refractivity contribution >= 4 is 60.3 Å². The van der Waals surface area contributed by atoms with E-state index in [0.717, 1.165) is 10.8 Å². The number of hydrogen-bond acceptors (Lipinski definition) is 5. The lowest BCUT2D eigenvalue weighted by molar-refractivity contribution is -0.124. The van der Waals surface area contributed by atoms with Crippen LogP contribution in [0.3, 0.4) is 0 Å². The maximum absolute atomic E-state index is 13.0. The number of carbonyl (C=O) groups excluding carboxylic acids is 2. The predicted octanol–water partition coefficient (Wildman–Crippen LogP) is 6.84. The summed E-state index contributed by atoms with van der Waals surface area (Å²) in [5.74, 6) is -0.858. The van der Waals surface area contributed by atoms with Crippen LogP contribution in [-0.2, 0) is 9.53 Å². The number of phenols is 1. The molecule has 0 fully saturated rings. The molecule has 7 nitrogen and oxygen atoms in total. The molecular weight excluding hydrogens is 568 g/mol. The third-order valence-corrected chi connectivity index (χ3v) is 6.37. The van der Waals surface area contributed by atoms with Gasteiger partial charge in [-0.05, 0) is 58.3 Å². The van der Waals surface area contributed by atoms with Gasteiger partial charge >= 0.3 is 6.09 Å². The molecule has 2 atom stereocenters. The van der Waals surface area contributed by atoms with Gasteiger partial charge in [0.15, 0.2) is 0 Å². The Hall–Kier alpha value is -2.88. The van der Waals surface area contributed by atoms with Crippen LogP contribution in [0.15, 0.2) is 75.7 Å². The molecule has 34 heavy (non-hydrogen) atoms. The number of anilines is 1. The van der Waals surface area contributed by atoms with Crippen molar-refractivity contribution in [2.75, 3.05) is 5.32 Å². The SMILES string of the molecule is C[C@@H](CC/C=C/C(=O)NO)[C@@H](OC(=O)Nc1cccc2ccccc12)c1cc(Br)cc(Br)c1O. The maximum atomic E-state index is 13.0. The van der Waals surface area contributed by atoms with E-state index in [4.69, 9.17) is 9.94 Å². The van der Waals surface area contributed by atoms with E-state index < -0.39 is 18.1 Å². The minimum Gasteiger partial charge on any atom is -0.506 e. The summed E-state index contributed by atoms with van der Waals surface area (Å²) >= 11 is 6.76. The molecule has 4 N–H and O–H groups in total. The van der Waals surface area contributed by atoms with Crippen LogP contribution in [0.2, 0.25) is 0 Å². The van der Waals surface area contributed by atoms with Gasteiger partial charge in [-0.3, -0.25) is 15.3 Å². The molecule has 3 rings (SSSR count). The highest BCUT2D eigenvalue weighted by atomic mass is 79.9. The number of carbonyl (C=O) groups is 2. The van der Waals surface area contributed by atoms with Crippen molar-refractivity contribution in [3.8, 4) is 5.75 Å². The average Bonchev–Trinajstić information content (AvgIpc) is 2.82. The monoisotopic (exact) mass is 590 g/mol. The number of ether oxygens (including phenoxy) is 1. The quantitative estimate of drug-likeness (QED) is 0.130. The van der Waals surface area contributed by atoms with E-state index in [9.17, 15) is 14.7 Å². The molecular formula is C25H24Br2N2O5. The van der Waals surface area contributed by atoms with E-state index >= 15 is 0 Å². The number of hydrogen-bond donors (Lipinski definition) is 4. The Morgan fingerprint density at radius 2 is 1.85 bits per heavy atom. The Bertz CT molecular complexity index is 1210. The smallest absolute Gasteiger partial charge is 0.412 e. The number of amides is 2. The van der Waals surface area contributed by atoms with Gasteiger partial charge in [0, 0.05) is 21.5 Å². The van der Waals surface area contributed by atoms with Crippen LogP contribution in [0.4, 0.5) is 10.5 Å². The van der Waals surface area contributed by atoms with Crippen molar-refractivity contribution in [2.24, 2.45) is 5.92 Å². The topological polar surface area (TPSA) is 108 Å². The van der Waals surface area contributed by atoms with Gasteiger partial charge < -0.3 is 9.84 Å². The Labute approximate surface area is 214 Å². The molecule has 178 valence electrons. The zero-order valence-electron chi connectivity index (χ0n) is 18.3. The van der Waals surface area contributed by atoms with E-state index in [2.05, 4.69) is 37.2 Å². The molecule has 0 aliphatic heterocycles. The van der Waals surface area contributed by atoms with E-state index in [1.165, 1.54) is 11.6 Å². The molecule has 0 saturated carbocycles. The second-order valence-electron chi connectivity index (χ2n) is 7.74. The summed E-state index contributed by atoms with van der Waals surface area (Å²) in [5, 5.41) is 24.0. The van der Waals surface area contributed by atoms with E-state index in [1.54, 1.807) is 24.3 Å². The molecule has 0 spiro atoms. The lowest BCUT2D eigenvalue weighted by Gasteiger charge is -2.26. The number of aromatic hydroxyl groups is 1. The molecule has 0 aliphatic rings. The molecule has 0 saturated heterocycles. The number of benzene rings is 3. The van der Waals surface area contributed by atoms with E-state index in [1.807, 2.05) is 43.3 Å². The van der Waals surface area contributed by atoms with Gasteiger partial charge in [-0.1, -0.05) is 65.3 Å². The third-order valence-electron chi connectivity index (χ3n) is 5.31. The fourth-order valence-corrected chi connectivity index (χ4v) is 4.87. The molecule has 9 heteroatoms. The standard InChI is InChI=1S/C25H24Br2N2O5/c1-15(7-2-5-12-22(30)29-33)24(19-13-17(26)14-20(27)23(19)31)34-25(32)28-21-11-6-9-16-8-3-4-10-18(16)21/h3-6,8-15,24,31,33H,2,7H2,1H3,(H,28,32)(H,29,30)/b12-5+/t15-,24+/m0/s1. The molecule has 3 aromatic carbocycles. The summed E-state index contributed by atoms with van der Waals surface area (Å²) in [4.78, 5) is 24.1. The van der Waals surface area contributed by atoms with Gasteiger partial charge in [0.1, 0.15) is 11.9 Å². The molecule has 0 unspecified atom stereocenters. The van der Waals surface area contributed by atoms with Gasteiger partial charge in [-0.2, -0.15) is 0 Å². The van der Waals surface area contributed by atoms with Crippen LogP contribution in [0, 0.1) is 5.92 Å². The average molecular weight is 592 g/mol. The fourth-order valence-electron chi connectivity index (χ4n) is 3.62. The summed E-state index contributed by atoms with van der Waals surface area (Å²) in [7, 11) is 0. The molecule has 2 amide bonds. The minimum absolute atomic E-state index is 0.0202. The Balaban J connectivity index is 1.83. The first-order chi connectivity index (χ1) is 16.3. The lowest BCUT2D eigenvalue weighted by atomic mass is 9.92. The number of phenolic OH excluding ortho intramolecular Hbond substituents is 1. The maximum Gasteiger partial charge on any atom is 0.412 e. The number of hydroxylamine groups is 1. The zero-order valence-corrected chi connectivity index (χ0v) is 21.5. The summed E-state index contributed by atoms with van der Waals surface area (Å²) in [5.41, 5.74) is 2.60. The molecule has 0 heterocycles. The first kappa shape index (κ1) is 25.7. The van der Waals surface area contributed by atoms with Crippen molar-refractivity contribution in [3.05, 3.63) is 81.3 Å². The van der Waals surface area contributed by atoms with Crippen LogP contribution in [0.1, 0.15) is 31.4 Å². The van der Waals surface area contributed by atoms with Crippen LogP contribution < -0.4 is 10.8 Å². The summed E-state index contributed by atoms with van der Waals surface area (Å²) in [6, 6.07) is 16.7. The normalized spacial score (nSPS) is 12.9.